The van der Waals surface area contributed by atoms with E-state index in [1.807, 2.05) is 0 Å². The van der Waals surface area contributed by atoms with Gasteiger partial charge in [0.05, 0.1) is 19.2 Å². The predicted molar refractivity (Wildman–Crippen MR) is 85.6 cm³/mol. The molecule has 1 aromatic rings. The van der Waals surface area contributed by atoms with Gasteiger partial charge in [0.25, 0.3) is 0 Å². The van der Waals surface area contributed by atoms with Crippen LogP contribution in [0.25, 0.3) is 0 Å². The van der Waals surface area contributed by atoms with Crippen molar-refractivity contribution in [1.29, 1.82) is 0 Å². The number of nitrogens with zero attached hydrogens (tertiary/aromatic N) is 1. The maximum absolute atomic E-state index is 12.3. The van der Waals surface area contributed by atoms with Crippen molar-refractivity contribution < 1.29 is 14.3 Å². The van der Waals surface area contributed by atoms with E-state index in [9.17, 15) is 9.59 Å². The van der Waals surface area contributed by atoms with Crippen molar-refractivity contribution in [2.24, 2.45) is 0 Å². The number of carbonyl (C=O) groups is 2. The van der Waals surface area contributed by atoms with Crippen molar-refractivity contribution in [3.8, 4) is 0 Å². The maximum atomic E-state index is 12.3. The Balaban J connectivity index is 2.57. The summed E-state index contributed by atoms with van der Waals surface area (Å²) in [6, 6.07) is 6.85. The Kier molecular flexibility index (Phi) is 4.88. The molecule has 1 aliphatic heterocycles. The average molecular weight is 413 g/mol. The van der Waals surface area contributed by atoms with E-state index < -0.39 is 16.8 Å². The zero-order valence-electron chi connectivity index (χ0n) is 10.7. The number of amides is 1. The first-order valence-corrected chi connectivity index (χ1v) is 7.65. The Hall–Kier alpha value is -0.750. The zero-order valence-corrected chi connectivity index (χ0v) is 14.6. The van der Waals surface area contributed by atoms with E-state index >= 15 is 0 Å². The average Bonchev–Trinajstić information content (AvgIpc) is 2.71. The molecule has 4 nitrogen and oxygen atoms in total. The number of ether oxygens (including phenoxy) is 1. The standard InChI is InChI=1S/C13H9BrCl3NO3/c1-21-12(20)13(17)6-9(19)18(10(13)11(15)16)8-4-2-7(14)3-5-8/h2-5H,6H2,1H3. The van der Waals surface area contributed by atoms with Crippen molar-refractivity contribution in [3.63, 3.8) is 0 Å². The third-order valence-electron chi connectivity index (χ3n) is 3.02. The molecule has 0 N–H and O–H groups in total. The van der Waals surface area contributed by atoms with Gasteiger partial charge in [0.2, 0.25) is 5.91 Å². The summed E-state index contributed by atoms with van der Waals surface area (Å²) in [6.45, 7) is 0. The number of esters is 1. The number of halogens is 4. The fraction of sp³-hybridized carbons (Fsp3) is 0.231. The van der Waals surface area contributed by atoms with Gasteiger partial charge in [0.1, 0.15) is 4.49 Å². The highest BCUT2D eigenvalue weighted by Crippen LogP contribution is 2.45. The minimum atomic E-state index is -1.72. The largest absolute Gasteiger partial charge is 0.467 e. The van der Waals surface area contributed by atoms with Crippen LogP contribution in [-0.4, -0.2) is 23.9 Å². The molecular weight excluding hydrogens is 404 g/mol. The number of anilines is 1. The summed E-state index contributed by atoms with van der Waals surface area (Å²) < 4.78 is 5.24. The fourth-order valence-corrected chi connectivity index (χ4v) is 3.32. The van der Waals surface area contributed by atoms with E-state index in [0.29, 0.717) is 5.69 Å². The van der Waals surface area contributed by atoms with Crippen LogP contribution in [0, 0.1) is 0 Å². The number of hydrogen-bond donors (Lipinski definition) is 0. The molecule has 0 saturated carbocycles. The molecule has 0 bridgehead atoms. The van der Waals surface area contributed by atoms with Crippen molar-refractivity contribution in [3.05, 3.63) is 38.9 Å². The van der Waals surface area contributed by atoms with Crippen LogP contribution in [0.4, 0.5) is 5.69 Å². The van der Waals surface area contributed by atoms with Gasteiger partial charge in [-0.25, -0.2) is 4.79 Å². The Labute approximate surface area is 144 Å². The second-order valence-electron chi connectivity index (χ2n) is 4.28. The Morgan fingerprint density at radius 1 is 1.33 bits per heavy atom. The lowest BCUT2D eigenvalue weighted by molar-refractivity contribution is -0.143. The molecule has 1 aromatic carbocycles. The van der Waals surface area contributed by atoms with E-state index in [1.165, 1.54) is 12.0 Å². The van der Waals surface area contributed by atoms with E-state index in [1.54, 1.807) is 24.3 Å². The number of carbonyl (C=O) groups excluding carboxylic acids is 2. The van der Waals surface area contributed by atoms with Crippen LogP contribution < -0.4 is 4.90 Å². The topological polar surface area (TPSA) is 46.6 Å². The maximum Gasteiger partial charge on any atom is 0.333 e. The number of hydrogen-bond acceptors (Lipinski definition) is 3. The highest BCUT2D eigenvalue weighted by Gasteiger charge is 2.55. The molecule has 0 spiro atoms. The molecule has 1 unspecified atom stereocenters. The molecule has 0 radical (unpaired) electrons. The van der Waals surface area contributed by atoms with Gasteiger partial charge >= 0.3 is 5.97 Å². The number of rotatable bonds is 2. The van der Waals surface area contributed by atoms with Gasteiger partial charge in [0.15, 0.2) is 4.87 Å². The summed E-state index contributed by atoms with van der Waals surface area (Å²) in [5.74, 6) is -1.18. The summed E-state index contributed by atoms with van der Waals surface area (Å²) in [5.41, 5.74) is 0.509. The lowest BCUT2D eigenvalue weighted by Gasteiger charge is -2.24. The minimum absolute atomic E-state index is 0.00618. The lowest BCUT2D eigenvalue weighted by atomic mass is 10.1. The van der Waals surface area contributed by atoms with E-state index in [4.69, 9.17) is 34.8 Å². The van der Waals surface area contributed by atoms with E-state index in [-0.39, 0.29) is 16.6 Å². The molecule has 1 fully saturated rings. The van der Waals surface area contributed by atoms with Crippen molar-refractivity contribution in [1.82, 2.24) is 0 Å². The number of alkyl halides is 1. The normalized spacial score (nSPS) is 21.7. The SMILES string of the molecule is COC(=O)C1(Cl)CC(=O)N(c2ccc(Br)cc2)C1=C(Cl)Cl. The van der Waals surface area contributed by atoms with Gasteiger partial charge < -0.3 is 4.74 Å². The molecular formula is C13H9BrCl3NO3. The summed E-state index contributed by atoms with van der Waals surface area (Å²) in [4.78, 5) is 23.7. The first-order chi connectivity index (χ1) is 9.81. The van der Waals surface area contributed by atoms with Crippen molar-refractivity contribution in [2.45, 2.75) is 11.3 Å². The Morgan fingerprint density at radius 2 is 1.90 bits per heavy atom. The molecule has 0 aliphatic carbocycles. The minimum Gasteiger partial charge on any atom is -0.467 e. The second-order valence-corrected chi connectivity index (χ2v) is 6.79. The van der Waals surface area contributed by atoms with Crippen LogP contribution in [-0.2, 0) is 14.3 Å². The number of methoxy groups -OCH3 is 1. The highest BCUT2D eigenvalue weighted by atomic mass is 79.9. The third kappa shape index (κ3) is 2.93. The molecule has 2 rings (SSSR count). The summed E-state index contributed by atoms with van der Waals surface area (Å²) in [7, 11) is 1.18. The van der Waals surface area contributed by atoms with Crippen LogP contribution in [0.2, 0.25) is 0 Å². The van der Waals surface area contributed by atoms with Crippen LogP contribution in [0.5, 0.6) is 0 Å². The van der Waals surface area contributed by atoms with Crippen LogP contribution in [0.15, 0.2) is 38.9 Å². The smallest absolute Gasteiger partial charge is 0.333 e. The third-order valence-corrected chi connectivity index (χ3v) is 4.37. The molecule has 21 heavy (non-hydrogen) atoms. The van der Waals surface area contributed by atoms with Crippen LogP contribution in [0.3, 0.4) is 0 Å². The summed E-state index contributed by atoms with van der Waals surface area (Å²) in [5, 5.41) is 0. The second kappa shape index (κ2) is 6.16. The molecule has 1 heterocycles. The monoisotopic (exact) mass is 411 g/mol. The predicted octanol–water partition coefficient (Wildman–Crippen LogP) is 3.98. The Bertz CT molecular complexity index is 628. The molecule has 1 atom stereocenters. The molecule has 1 aliphatic rings. The molecule has 112 valence electrons. The van der Waals surface area contributed by atoms with Gasteiger partial charge in [0, 0.05) is 10.2 Å². The summed E-state index contributed by atoms with van der Waals surface area (Å²) >= 11 is 21.3. The van der Waals surface area contributed by atoms with Crippen molar-refractivity contribution >= 4 is 68.3 Å². The lowest BCUT2D eigenvalue weighted by Crippen LogP contribution is -2.35. The van der Waals surface area contributed by atoms with Gasteiger partial charge in [-0.3, -0.25) is 9.69 Å². The molecule has 1 saturated heterocycles. The van der Waals surface area contributed by atoms with Gasteiger partial charge in [-0.2, -0.15) is 0 Å². The molecule has 1 amide bonds. The number of benzene rings is 1. The zero-order chi connectivity index (χ0) is 15.8. The van der Waals surface area contributed by atoms with Crippen molar-refractivity contribution in [2.75, 3.05) is 12.0 Å². The van der Waals surface area contributed by atoms with Crippen LogP contribution in [0.1, 0.15) is 6.42 Å². The molecule has 0 aromatic heterocycles. The summed E-state index contributed by atoms with van der Waals surface area (Å²) in [6.07, 6.45) is -0.282. The molecule has 8 heteroatoms. The fourth-order valence-electron chi connectivity index (χ4n) is 2.10. The first-order valence-electron chi connectivity index (χ1n) is 5.73. The van der Waals surface area contributed by atoms with E-state index in [2.05, 4.69) is 20.7 Å². The van der Waals surface area contributed by atoms with E-state index in [0.717, 1.165) is 4.47 Å². The van der Waals surface area contributed by atoms with Gasteiger partial charge in [-0.1, -0.05) is 50.7 Å². The van der Waals surface area contributed by atoms with Gasteiger partial charge in [-0.05, 0) is 24.3 Å². The highest BCUT2D eigenvalue weighted by molar-refractivity contribution is 9.10. The Morgan fingerprint density at radius 3 is 2.38 bits per heavy atom. The quantitative estimate of drug-likeness (QED) is 0.544. The first kappa shape index (κ1) is 16.6. The van der Waals surface area contributed by atoms with Crippen LogP contribution >= 0.6 is 50.7 Å². The van der Waals surface area contributed by atoms with Gasteiger partial charge in [-0.15, -0.1) is 0 Å².